The normalized spacial score (nSPS) is 18.4. The van der Waals surface area contributed by atoms with Gasteiger partial charge in [0.1, 0.15) is 0 Å². The number of hydrogen-bond acceptors (Lipinski definition) is 2. The summed E-state index contributed by atoms with van der Waals surface area (Å²) in [4.78, 5) is 7.09. The van der Waals surface area contributed by atoms with Gasteiger partial charge in [0.2, 0.25) is 0 Å². The summed E-state index contributed by atoms with van der Waals surface area (Å²) < 4.78 is 1.07. The minimum Gasteiger partial charge on any atom is -0.303 e. The molecule has 0 N–H and O–H groups in total. The van der Waals surface area contributed by atoms with Crippen LogP contribution in [0, 0.1) is 11.8 Å². The summed E-state index contributed by atoms with van der Waals surface area (Å²) >= 11 is 3.43. The van der Waals surface area contributed by atoms with Crippen molar-refractivity contribution in [2.75, 3.05) is 19.6 Å². The summed E-state index contributed by atoms with van der Waals surface area (Å²) in [6, 6.07) is 4.24. The highest BCUT2D eigenvalue weighted by Gasteiger charge is 2.20. The van der Waals surface area contributed by atoms with Crippen LogP contribution in [-0.4, -0.2) is 29.5 Å². The monoisotopic (exact) mass is 310 g/mol. The SMILES string of the molecule is CC(C)CN1CCC(Cc2ccc(Br)cn2)CC1. The van der Waals surface area contributed by atoms with Crippen LogP contribution in [0.15, 0.2) is 22.8 Å². The molecule has 0 unspecified atom stereocenters. The predicted octanol–water partition coefficient (Wildman–Crippen LogP) is 3.75. The van der Waals surface area contributed by atoms with Crippen LogP contribution in [0.5, 0.6) is 0 Å². The van der Waals surface area contributed by atoms with Gasteiger partial charge in [0.15, 0.2) is 0 Å². The lowest BCUT2D eigenvalue weighted by molar-refractivity contribution is 0.167. The van der Waals surface area contributed by atoms with Gasteiger partial charge in [-0.15, -0.1) is 0 Å². The third-order valence-electron chi connectivity index (χ3n) is 3.62. The molecular formula is C15H23BrN2. The van der Waals surface area contributed by atoms with Gasteiger partial charge in [-0.25, -0.2) is 0 Å². The highest BCUT2D eigenvalue weighted by atomic mass is 79.9. The third-order valence-corrected chi connectivity index (χ3v) is 4.09. The van der Waals surface area contributed by atoms with E-state index in [-0.39, 0.29) is 0 Å². The Hall–Kier alpha value is -0.410. The Morgan fingerprint density at radius 3 is 2.61 bits per heavy atom. The van der Waals surface area contributed by atoms with Crippen molar-refractivity contribution in [1.82, 2.24) is 9.88 Å². The maximum absolute atomic E-state index is 4.48. The third kappa shape index (κ3) is 4.36. The van der Waals surface area contributed by atoms with Crippen LogP contribution in [0.25, 0.3) is 0 Å². The van der Waals surface area contributed by atoms with Crippen LogP contribution in [-0.2, 0) is 6.42 Å². The molecule has 0 saturated carbocycles. The molecule has 0 bridgehead atoms. The van der Waals surface area contributed by atoms with Gasteiger partial charge < -0.3 is 4.90 Å². The molecule has 0 radical (unpaired) electrons. The quantitative estimate of drug-likeness (QED) is 0.842. The molecule has 2 rings (SSSR count). The van der Waals surface area contributed by atoms with Gasteiger partial charge in [-0.3, -0.25) is 4.98 Å². The Labute approximate surface area is 119 Å². The topological polar surface area (TPSA) is 16.1 Å². The van der Waals surface area contributed by atoms with Crippen LogP contribution in [0.3, 0.4) is 0 Å². The average molecular weight is 311 g/mol. The van der Waals surface area contributed by atoms with E-state index in [1.807, 2.05) is 6.20 Å². The number of aromatic nitrogens is 1. The molecule has 1 saturated heterocycles. The Morgan fingerprint density at radius 2 is 2.06 bits per heavy atom. The second kappa shape index (κ2) is 6.67. The van der Waals surface area contributed by atoms with Gasteiger partial charge >= 0.3 is 0 Å². The van der Waals surface area contributed by atoms with Crippen molar-refractivity contribution < 1.29 is 0 Å². The van der Waals surface area contributed by atoms with E-state index >= 15 is 0 Å². The first-order valence-corrected chi connectivity index (χ1v) is 7.75. The smallest absolute Gasteiger partial charge is 0.0413 e. The van der Waals surface area contributed by atoms with E-state index < -0.39 is 0 Å². The number of nitrogens with zero attached hydrogens (tertiary/aromatic N) is 2. The van der Waals surface area contributed by atoms with Gasteiger partial charge in [0.05, 0.1) is 0 Å². The number of hydrogen-bond donors (Lipinski definition) is 0. The zero-order valence-corrected chi connectivity index (χ0v) is 13.0. The van der Waals surface area contributed by atoms with Gasteiger partial charge in [-0.05, 0) is 72.3 Å². The first-order chi connectivity index (χ1) is 8.63. The van der Waals surface area contributed by atoms with E-state index in [1.54, 1.807) is 0 Å². The molecule has 100 valence electrons. The van der Waals surface area contributed by atoms with E-state index in [0.717, 1.165) is 22.7 Å². The number of likely N-dealkylation sites (tertiary alicyclic amines) is 1. The molecule has 0 aromatic carbocycles. The molecule has 1 aromatic rings. The minimum atomic E-state index is 0.787. The van der Waals surface area contributed by atoms with Crippen LogP contribution in [0.4, 0.5) is 0 Å². The highest BCUT2D eigenvalue weighted by Crippen LogP contribution is 2.22. The Morgan fingerprint density at radius 1 is 1.33 bits per heavy atom. The summed E-state index contributed by atoms with van der Waals surface area (Å²) in [5.74, 6) is 1.61. The summed E-state index contributed by atoms with van der Waals surface area (Å²) in [5.41, 5.74) is 1.24. The van der Waals surface area contributed by atoms with Crippen molar-refractivity contribution in [1.29, 1.82) is 0 Å². The molecule has 0 aliphatic carbocycles. The zero-order valence-electron chi connectivity index (χ0n) is 11.4. The van der Waals surface area contributed by atoms with Crippen molar-refractivity contribution in [3.05, 3.63) is 28.5 Å². The zero-order chi connectivity index (χ0) is 13.0. The van der Waals surface area contributed by atoms with Gasteiger partial charge in [0, 0.05) is 22.9 Å². The van der Waals surface area contributed by atoms with Crippen molar-refractivity contribution in [2.24, 2.45) is 11.8 Å². The minimum absolute atomic E-state index is 0.787. The van der Waals surface area contributed by atoms with E-state index in [4.69, 9.17) is 0 Å². The Balaban J connectivity index is 1.78. The van der Waals surface area contributed by atoms with E-state index in [9.17, 15) is 0 Å². The fraction of sp³-hybridized carbons (Fsp3) is 0.667. The molecule has 2 heterocycles. The molecule has 1 aliphatic rings. The average Bonchev–Trinajstić information content (AvgIpc) is 2.34. The van der Waals surface area contributed by atoms with Crippen LogP contribution in [0.1, 0.15) is 32.4 Å². The molecule has 1 fully saturated rings. The lowest BCUT2D eigenvalue weighted by atomic mass is 9.91. The maximum atomic E-state index is 4.48. The summed E-state index contributed by atoms with van der Waals surface area (Å²) in [7, 11) is 0. The fourth-order valence-corrected chi connectivity index (χ4v) is 2.95. The molecule has 0 amide bonds. The van der Waals surface area contributed by atoms with E-state index in [2.05, 4.69) is 51.8 Å². The molecule has 2 nitrogen and oxygen atoms in total. The number of pyridine rings is 1. The lowest BCUT2D eigenvalue weighted by Gasteiger charge is -2.32. The van der Waals surface area contributed by atoms with Crippen molar-refractivity contribution in [3.8, 4) is 0 Å². The van der Waals surface area contributed by atoms with Crippen molar-refractivity contribution >= 4 is 15.9 Å². The van der Waals surface area contributed by atoms with Crippen molar-refractivity contribution in [3.63, 3.8) is 0 Å². The van der Waals surface area contributed by atoms with Gasteiger partial charge in [-0.1, -0.05) is 13.8 Å². The lowest BCUT2D eigenvalue weighted by Crippen LogP contribution is -2.36. The molecule has 3 heteroatoms. The summed E-state index contributed by atoms with van der Waals surface area (Å²) in [6.07, 6.45) is 5.70. The van der Waals surface area contributed by atoms with Gasteiger partial charge in [-0.2, -0.15) is 0 Å². The van der Waals surface area contributed by atoms with Crippen LogP contribution in [0.2, 0.25) is 0 Å². The van der Waals surface area contributed by atoms with E-state index in [1.165, 1.54) is 38.2 Å². The van der Waals surface area contributed by atoms with E-state index in [0.29, 0.717) is 0 Å². The largest absolute Gasteiger partial charge is 0.303 e. The van der Waals surface area contributed by atoms with Crippen LogP contribution < -0.4 is 0 Å². The highest BCUT2D eigenvalue weighted by molar-refractivity contribution is 9.10. The van der Waals surface area contributed by atoms with Crippen LogP contribution >= 0.6 is 15.9 Å². The Bertz CT molecular complexity index is 353. The fourth-order valence-electron chi connectivity index (χ4n) is 2.71. The second-order valence-corrected chi connectivity index (χ2v) is 6.73. The van der Waals surface area contributed by atoms with Crippen molar-refractivity contribution in [2.45, 2.75) is 33.1 Å². The first-order valence-electron chi connectivity index (χ1n) is 6.96. The summed E-state index contributed by atoms with van der Waals surface area (Å²) in [5, 5.41) is 0. The Kier molecular flexibility index (Phi) is 5.19. The number of piperidine rings is 1. The maximum Gasteiger partial charge on any atom is 0.0413 e. The first kappa shape index (κ1) is 14.0. The number of halogens is 1. The summed E-state index contributed by atoms with van der Waals surface area (Å²) in [6.45, 7) is 8.39. The molecule has 0 spiro atoms. The molecule has 0 atom stereocenters. The number of rotatable bonds is 4. The standard InChI is InChI=1S/C15H23BrN2/c1-12(2)11-18-7-5-13(6-8-18)9-15-4-3-14(16)10-17-15/h3-4,10,12-13H,5-9,11H2,1-2H3. The van der Waals surface area contributed by atoms with Gasteiger partial charge in [0.25, 0.3) is 0 Å². The molecule has 18 heavy (non-hydrogen) atoms. The predicted molar refractivity (Wildman–Crippen MR) is 79.6 cm³/mol. The second-order valence-electron chi connectivity index (χ2n) is 5.81. The molecule has 1 aromatic heterocycles. The molecule has 1 aliphatic heterocycles. The molecular weight excluding hydrogens is 288 g/mol.